The molecule has 0 saturated carbocycles. The van der Waals surface area contributed by atoms with Crippen LogP contribution < -0.4 is 5.73 Å². The van der Waals surface area contributed by atoms with E-state index in [2.05, 4.69) is 0 Å². The highest BCUT2D eigenvalue weighted by atomic mass is 19.3. The molecular formula is C8H14F2N2O. The van der Waals surface area contributed by atoms with Crippen molar-refractivity contribution in [1.82, 2.24) is 4.90 Å². The van der Waals surface area contributed by atoms with Gasteiger partial charge in [-0.15, -0.1) is 0 Å². The summed E-state index contributed by atoms with van der Waals surface area (Å²) in [5.41, 5.74) is 5.35. The molecule has 1 aliphatic heterocycles. The molecule has 1 amide bonds. The highest BCUT2D eigenvalue weighted by molar-refractivity contribution is 5.79. The van der Waals surface area contributed by atoms with Crippen molar-refractivity contribution >= 4 is 5.91 Å². The van der Waals surface area contributed by atoms with Crippen molar-refractivity contribution < 1.29 is 13.6 Å². The average Bonchev–Trinajstić information content (AvgIpc) is 2.08. The Hall–Kier alpha value is -0.710. The van der Waals surface area contributed by atoms with Crippen molar-refractivity contribution in [1.29, 1.82) is 0 Å². The summed E-state index contributed by atoms with van der Waals surface area (Å²) < 4.78 is 24.0. The zero-order valence-electron chi connectivity index (χ0n) is 7.38. The minimum Gasteiger partial charge on any atom is -0.337 e. The largest absolute Gasteiger partial charge is 0.337 e. The lowest BCUT2D eigenvalue weighted by Crippen LogP contribution is -2.45. The molecule has 1 rings (SSSR count). The van der Waals surface area contributed by atoms with Crippen molar-refractivity contribution in [3.8, 4) is 0 Å². The number of amides is 1. The third-order valence-corrected chi connectivity index (χ3v) is 2.28. The van der Waals surface area contributed by atoms with Gasteiger partial charge in [-0.25, -0.2) is 8.78 Å². The zero-order chi connectivity index (χ0) is 9.84. The Morgan fingerprint density at radius 1 is 1.62 bits per heavy atom. The minimum atomic E-state index is -2.44. The van der Waals surface area contributed by atoms with Gasteiger partial charge in [0.1, 0.15) is 0 Å². The van der Waals surface area contributed by atoms with Crippen LogP contribution in [0.4, 0.5) is 8.78 Å². The maximum absolute atomic E-state index is 12.0. The second-order valence-corrected chi connectivity index (χ2v) is 3.25. The maximum Gasteiger partial charge on any atom is 0.255 e. The first kappa shape index (κ1) is 10.4. The summed E-state index contributed by atoms with van der Waals surface area (Å²) in [4.78, 5) is 12.6. The Labute approximate surface area is 75.9 Å². The fourth-order valence-electron chi connectivity index (χ4n) is 1.59. The molecule has 0 bridgehead atoms. The van der Waals surface area contributed by atoms with Gasteiger partial charge in [0.2, 0.25) is 5.91 Å². The Kier molecular flexibility index (Phi) is 3.59. The molecule has 0 aromatic heterocycles. The average molecular weight is 192 g/mol. The van der Waals surface area contributed by atoms with Crippen LogP contribution in [-0.4, -0.2) is 36.9 Å². The highest BCUT2D eigenvalue weighted by Crippen LogP contribution is 2.17. The monoisotopic (exact) mass is 192 g/mol. The second-order valence-electron chi connectivity index (χ2n) is 3.25. The number of nitrogens with zero attached hydrogens (tertiary/aromatic N) is 1. The fourth-order valence-corrected chi connectivity index (χ4v) is 1.59. The number of hydrogen-bond donors (Lipinski definition) is 1. The van der Waals surface area contributed by atoms with Gasteiger partial charge in [0.05, 0.1) is 12.5 Å². The Bertz CT molecular complexity index is 187. The Morgan fingerprint density at radius 2 is 2.31 bits per heavy atom. The van der Waals surface area contributed by atoms with E-state index in [1.54, 1.807) is 0 Å². The van der Waals surface area contributed by atoms with E-state index in [0.717, 1.165) is 12.8 Å². The van der Waals surface area contributed by atoms with Gasteiger partial charge in [0.25, 0.3) is 6.43 Å². The topological polar surface area (TPSA) is 46.3 Å². The van der Waals surface area contributed by atoms with Crippen LogP contribution in [0.25, 0.3) is 0 Å². The van der Waals surface area contributed by atoms with Crippen molar-refractivity contribution in [3.05, 3.63) is 0 Å². The van der Waals surface area contributed by atoms with E-state index in [1.165, 1.54) is 4.90 Å². The molecule has 1 atom stereocenters. The van der Waals surface area contributed by atoms with Crippen LogP contribution in [0.1, 0.15) is 12.8 Å². The summed E-state index contributed by atoms with van der Waals surface area (Å²) >= 11 is 0. The lowest BCUT2D eigenvalue weighted by atomic mass is 9.97. The number of hydrogen-bond acceptors (Lipinski definition) is 2. The van der Waals surface area contributed by atoms with Crippen LogP contribution in [0.15, 0.2) is 0 Å². The summed E-state index contributed by atoms with van der Waals surface area (Å²) in [7, 11) is 0. The maximum atomic E-state index is 12.0. The summed E-state index contributed by atoms with van der Waals surface area (Å²) in [6, 6.07) is 0. The lowest BCUT2D eigenvalue weighted by Gasteiger charge is -2.31. The van der Waals surface area contributed by atoms with Gasteiger partial charge in [-0.05, 0) is 12.8 Å². The van der Waals surface area contributed by atoms with Crippen LogP contribution in [0, 0.1) is 5.92 Å². The summed E-state index contributed by atoms with van der Waals surface area (Å²) in [6.45, 7) is 0.258. The molecule has 0 radical (unpaired) electrons. The first-order valence-electron chi connectivity index (χ1n) is 4.42. The van der Waals surface area contributed by atoms with Crippen molar-refractivity contribution in [2.24, 2.45) is 11.7 Å². The first-order valence-corrected chi connectivity index (χ1v) is 4.42. The second kappa shape index (κ2) is 4.50. The Balaban J connectivity index is 2.50. The molecule has 0 unspecified atom stereocenters. The molecular weight excluding hydrogens is 178 g/mol. The first-order chi connectivity index (χ1) is 6.15. The molecule has 3 nitrogen and oxygen atoms in total. The Morgan fingerprint density at radius 3 is 2.85 bits per heavy atom. The van der Waals surface area contributed by atoms with E-state index in [-0.39, 0.29) is 18.4 Å². The SMILES string of the molecule is NC[C@H]1CCCN(CC(F)F)C1=O. The van der Waals surface area contributed by atoms with Crippen molar-refractivity contribution in [3.63, 3.8) is 0 Å². The predicted octanol–water partition coefficient (Wildman–Crippen LogP) is 0.449. The number of likely N-dealkylation sites (tertiary alicyclic amines) is 1. The van der Waals surface area contributed by atoms with Crippen molar-refractivity contribution in [2.75, 3.05) is 19.6 Å². The predicted molar refractivity (Wildman–Crippen MR) is 44.4 cm³/mol. The molecule has 0 aromatic carbocycles. The molecule has 76 valence electrons. The normalized spacial score (nSPS) is 24.2. The van der Waals surface area contributed by atoms with Crippen LogP contribution in [0.5, 0.6) is 0 Å². The van der Waals surface area contributed by atoms with Gasteiger partial charge in [0, 0.05) is 13.1 Å². The van der Waals surface area contributed by atoms with Gasteiger partial charge in [-0.2, -0.15) is 0 Å². The van der Waals surface area contributed by atoms with Crippen LogP contribution in [0.2, 0.25) is 0 Å². The summed E-state index contributed by atoms with van der Waals surface area (Å²) in [5.74, 6) is -0.457. The van der Waals surface area contributed by atoms with Crippen LogP contribution in [0.3, 0.4) is 0 Å². The number of piperidine rings is 1. The minimum absolute atomic E-state index is 0.214. The van der Waals surface area contributed by atoms with Gasteiger partial charge in [-0.3, -0.25) is 4.79 Å². The van der Waals surface area contributed by atoms with E-state index in [0.29, 0.717) is 6.54 Å². The van der Waals surface area contributed by atoms with E-state index in [4.69, 9.17) is 5.73 Å². The quantitative estimate of drug-likeness (QED) is 0.705. The molecule has 1 saturated heterocycles. The third kappa shape index (κ3) is 2.62. The van der Waals surface area contributed by atoms with Gasteiger partial charge in [0.15, 0.2) is 0 Å². The van der Waals surface area contributed by atoms with E-state index >= 15 is 0 Å². The van der Waals surface area contributed by atoms with Crippen LogP contribution >= 0.6 is 0 Å². The molecule has 5 heteroatoms. The van der Waals surface area contributed by atoms with Crippen molar-refractivity contribution in [2.45, 2.75) is 19.3 Å². The van der Waals surface area contributed by atoms with Gasteiger partial charge in [-0.1, -0.05) is 0 Å². The number of carbonyl (C=O) groups excluding carboxylic acids is 1. The van der Waals surface area contributed by atoms with Gasteiger partial charge < -0.3 is 10.6 Å². The molecule has 1 heterocycles. The summed E-state index contributed by atoms with van der Waals surface area (Å²) in [6.07, 6.45) is -0.935. The number of rotatable bonds is 3. The fraction of sp³-hybridized carbons (Fsp3) is 0.875. The van der Waals surface area contributed by atoms with E-state index < -0.39 is 13.0 Å². The van der Waals surface area contributed by atoms with Gasteiger partial charge >= 0.3 is 0 Å². The number of nitrogens with two attached hydrogens (primary N) is 1. The molecule has 0 aromatic rings. The molecule has 1 aliphatic rings. The van der Waals surface area contributed by atoms with E-state index in [1.807, 2.05) is 0 Å². The molecule has 0 aliphatic carbocycles. The zero-order valence-corrected chi connectivity index (χ0v) is 7.38. The molecule has 1 fully saturated rings. The van der Waals surface area contributed by atoms with E-state index in [9.17, 15) is 13.6 Å². The molecule has 13 heavy (non-hydrogen) atoms. The smallest absolute Gasteiger partial charge is 0.255 e. The number of halogens is 2. The summed E-state index contributed by atoms with van der Waals surface area (Å²) in [5, 5.41) is 0. The standard InChI is InChI=1S/C8H14F2N2O/c9-7(10)5-12-3-1-2-6(4-11)8(12)13/h6-7H,1-5,11H2/t6-/m1/s1. The molecule has 2 N–H and O–H groups in total. The number of alkyl halides is 2. The number of carbonyl (C=O) groups is 1. The molecule has 0 spiro atoms. The highest BCUT2D eigenvalue weighted by Gasteiger charge is 2.28. The van der Waals surface area contributed by atoms with Crippen LogP contribution in [-0.2, 0) is 4.79 Å². The third-order valence-electron chi connectivity index (χ3n) is 2.28. The lowest BCUT2D eigenvalue weighted by molar-refractivity contribution is -0.140.